The molecular formula is C14H18N2O2S2. The Bertz CT molecular complexity index is 553. The van der Waals surface area contributed by atoms with Crippen LogP contribution in [0.4, 0.5) is 0 Å². The Morgan fingerprint density at radius 2 is 2.30 bits per heavy atom. The molecule has 1 saturated heterocycles. The average molecular weight is 310 g/mol. The number of carbonyl (C=O) groups is 2. The number of piperazine rings is 1. The number of rotatable bonds is 1. The molecule has 1 aromatic heterocycles. The van der Waals surface area contributed by atoms with Crippen LogP contribution in [0.2, 0.25) is 0 Å². The van der Waals surface area contributed by atoms with Crippen molar-refractivity contribution in [3.63, 3.8) is 0 Å². The zero-order valence-electron chi connectivity index (χ0n) is 11.6. The van der Waals surface area contributed by atoms with E-state index < -0.39 is 5.54 Å². The van der Waals surface area contributed by atoms with Gasteiger partial charge in [0, 0.05) is 18.0 Å². The zero-order chi connectivity index (χ0) is 14.3. The SMILES string of the molecule is CC1(C)C(=O)NCCN1C(=O)[C@@H]1SCCc2sccc21. The van der Waals surface area contributed by atoms with Gasteiger partial charge in [-0.05, 0) is 43.0 Å². The summed E-state index contributed by atoms with van der Waals surface area (Å²) in [5.41, 5.74) is 0.391. The van der Waals surface area contributed by atoms with Gasteiger partial charge in [-0.3, -0.25) is 9.59 Å². The smallest absolute Gasteiger partial charge is 0.245 e. The van der Waals surface area contributed by atoms with Crippen LogP contribution in [0.25, 0.3) is 0 Å². The molecule has 1 N–H and O–H groups in total. The number of thiophene rings is 1. The topological polar surface area (TPSA) is 49.4 Å². The van der Waals surface area contributed by atoms with Gasteiger partial charge in [-0.25, -0.2) is 0 Å². The number of thioether (sulfide) groups is 1. The van der Waals surface area contributed by atoms with E-state index >= 15 is 0 Å². The molecule has 0 aliphatic carbocycles. The summed E-state index contributed by atoms with van der Waals surface area (Å²) >= 11 is 3.43. The molecule has 2 amide bonds. The van der Waals surface area contributed by atoms with Crippen molar-refractivity contribution in [2.45, 2.75) is 31.1 Å². The minimum Gasteiger partial charge on any atom is -0.352 e. The minimum absolute atomic E-state index is 0.0662. The highest BCUT2D eigenvalue weighted by Crippen LogP contribution is 2.41. The van der Waals surface area contributed by atoms with E-state index in [1.54, 1.807) is 28.0 Å². The molecule has 3 heterocycles. The fourth-order valence-electron chi connectivity index (χ4n) is 2.78. The first-order chi connectivity index (χ1) is 9.51. The Balaban J connectivity index is 1.89. The van der Waals surface area contributed by atoms with Gasteiger partial charge >= 0.3 is 0 Å². The van der Waals surface area contributed by atoms with Crippen LogP contribution >= 0.6 is 23.1 Å². The van der Waals surface area contributed by atoms with Crippen LogP contribution in [0, 0.1) is 0 Å². The first-order valence-electron chi connectivity index (χ1n) is 6.79. The number of amides is 2. The average Bonchev–Trinajstić information content (AvgIpc) is 2.89. The number of aryl methyl sites for hydroxylation is 1. The number of carbonyl (C=O) groups excluding carboxylic acids is 2. The lowest BCUT2D eigenvalue weighted by molar-refractivity contribution is -0.148. The molecular weight excluding hydrogens is 292 g/mol. The molecule has 0 aromatic carbocycles. The van der Waals surface area contributed by atoms with Gasteiger partial charge in [0.05, 0.1) is 0 Å². The van der Waals surface area contributed by atoms with Crippen molar-refractivity contribution in [1.82, 2.24) is 10.2 Å². The lowest BCUT2D eigenvalue weighted by Gasteiger charge is -2.43. The van der Waals surface area contributed by atoms with Crippen LogP contribution in [0.1, 0.15) is 29.5 Å². The molecule has 1 atom stereocenters. The highest BCUT2D eigenvalue weighted by Gasteiger charge is 2.43. The number of hydrogen-bond donors (Lipinski definition) is 1. The van der Waals surface area contributed by atoms with E-state index in [-0.39, 0.29) is 17.1 Å². The van der Waals surface area contributed by atoms with Crippen LogP contribution in [-0.4, -0.2) is 41.1 Å². The molecule has 6 heteroatoms. The first-order valence-corrected chi connectivity index (χ1v) is 8.72. The predicted octanol–water partition coefficient (Wildman–Crippen LogP) is 1.82. The van der Waals surface area contributed by atoms with Crippen LogP contribution in [0.15, 0.2) is 11.4 Å². The molecule has 3 rings (SSSR count). The highest BCUT2D eigenvalue weighted by molar-refractivity contribution is 8.00. The van der Waals surface area contributed by atoms with Gasteiger partial charge in [-0.2, -0.15) is 0 Å². The van der Waals surface area contributed by atoms with Crippen molar-refractivity contribution < 1.29 is 9.59 Å². The molecule has 20 heavy (non-hydrogen) atoms. The van der Waals surface area contributed by atoms with Crippen molar-refractivity contribution in [1.29, 1.82) is 0 Å². The summed E-state index contributed by atoms with van der Waals surface area (Å²) in [7, 11) is 0. The summed E-state index contributed by atoms with van der Waals surface area (Å²) in [4.78, 5) is 28.0. The Morgan fingerprint density at radius 1 is 1.50 bits per heavy atom. The van der Waals surface area contributed by atoms with Gasteiger partial charge in [0.1, 0.15) is 10.8 Å². The number of hydrogen-bond acceptors (Lipinski definition) is 4. The maximum atomic E-state index is 12.9. The second kappa shape index (κ2) is 5.07. The Hall–Kier alpha value is -1.01. The normalized spacial score (nSPS) is 25.0. The summed E-state index contributed by atoms with van der Waals surface area (Å²) in [6.45, 7) is 4.78. The standard InChI is InChI=1S/C14H18N2O2S2/c1-14(2)13(18)15-5-6-16(14)12(17)11-9-3-7-19-10(9)4-8-20-11/h3,7,11H,4-6,8H2,1-2H3,(H,15,18)/t11-/m1/s1. The van der Waals surface area contributed by atoms with Gasteiger partial charge < -0.3 is 10.2 Å². The third-order valence-corrected chi connectivity index (χ3v) is 6.24. The number of nitrogens with one attached hydrogen (secondary N) is 1. The molecule has 0 saturated carbocycles. The zero-order valence-corrected chi connectivity index (χ0v) is 13.3. The van der Waals surface area contributed by atoms with Crippen LogP contribution < -0.4 is 5.32 Å². The molecule has 1 aromatic rings. The largest absolute Gasteiger partial charge is 0.352 e. The minimum atomic E-state index is -0.760. The van der Waals surface area contributed by atoms with Crippen molar-refractivity contribution in [3.8, 4) is 0 Å². The second-order valence-electron chi connectivity index (χ2n) is 5.60. The summed E-state index contributed by atoms with van der Waals surface area (Å²) < 4.78 is 0. The lowest BCUT2D eigenvalue weighted by atomic mass is 9.97. The highest BCUT2D eigenvalue weighted by atomic mass is 32.2. The van der Waals surface area contributed by atoms with Crippen molar-refractivity contribution in [3.05, 3.63) is 21.9 Å². The van der Waals surface area contributed by atoms with E-state index in [4.69, 9.17) is 0 Å². The van der Waals surface area contributed by atoms with Crippen LogP contribution in [0.5, 0.6) is 0 Å². The van der Waals surface area contributed by atoms with E-state index in [2.05, 4.69) is 16.8 Å². The van der Waals surface area contributed by atoms with Crippen LogP contribution in [-0.2, 0) is 16.0 Å². The third-order valence-electron chi connectivity index (χ3n) is 4.02. The van der Waals surface area contributed by atoms with Gasteiger partial charge in [-0.1, -0.05) is 0 Å². The van der Waals surface area contributed by atoms with Crippen LogP contribution in [0.3, 0.4) is 0 Å². The van der Waals surface area contributed by atoms with E-state index in [0.717, 1.165) is 17.7 Å². The molecule has 0 unspecified atom stereocenters. The van der Waals surface area contributed by atoms with Gasteiger partial charge in [0.2, 0.25) is 11.8 Å². The van der Waals surface area contributed by atoms with E-state index in [0.29, 0.717) is 13.1 Å². The maximum Gasteiger partial charge on any atom is 0.245 e. The molecule has 2 aliphatic heterocycles. The molecule has 0 radical (unpaired) electrons. The van der Waals surface area contributed by atoms with Crippen molar-refractivity contribution in [2.75, 3.05) is 18.8 Å². The first kappa shape index (κ1) is 13.9. The quantitative estimate of drug-likeness (QED) is 0.861. The summed E-state index contributed by atoms with van der Waals surface area (Å²) in [6.07, 6.45) is 1.05. The van der Waals surface area contributed by atoms with Gasteiger partial charge in [0.15, 0.2) is 0 Å². The Kier molecular flexibility index (Phi) is 3.54. The molecule has 4 nitrogen and oxygen atoms in total. The Morgan fingerprint density at radius 3 is 3.10 bits per heavy atom. The molecule has 0 bridgehead atoms. The maximum absolute atomic E-state index is 12.9. The summed E-state index contributed by atoms with van der Waals surface area (Å²) in [5, 5.41) is 4.75. The van der Waals surface area contributed by atoms with Gasteiger partial charge in [0.25, 0.3) is 0 Å². The summed E-state index contributed by atoms with van der Waals surface area (Å²) in [5.74, 6) is 0.988. The second-order valence-corrected chi connectivity index (χ2v) is 7.82. The molecule has 0 spiro atoms. The van der Waals surface area contributed by atoms with E-state index in [9.17, 15) is 9.59 Å². The molecule has 2 aliphatic rings. The van der Waals surface area contributed by atoms with Crippen molar-refractivity contribution in [2.24, 2.45) is 0 Å². The lowest BCUT2D eigenvalue weighted by Crippen LogP contribution is -2.64. The third kappa shape index (κ3) is 2.15. The molecule has 1 fully saturated rings. The monoisotopic (exact) mass is 310 g/mol. The fourth-order valence-corrected chi connectivity index (χ4v) is 5.13. The number of fused-ring (bicyclic) bond motifs is 1. The summed E-state index contributed by atoms with van der Waals surface area (Å²) in [6, 6.07) is 2.06. The number of nitrogens with zero attached hydrogens (tertiary/aromatic N) is 1. The predicted molar refractivity (Wildman–Crippen MR) is 82.0 cm³/mol. The molecule has 108 valence electrons. The van der Waals surface area contributed by atoms with Crippen molar-refractivity contribution >= 4 is 34.9 Å². The van der Waals surface area contributed by atoms with E-state index in [1.807, 2.05) is 13.8 Å². The van der Waals surface area contributed by atoms with Gasteiger partial charge in [-0.15, -0.1) is 23.1 Å². The Labute approximate surface area is 126 Å². The fraction of sp³-hybridized carbons (Fsp3) is 0.571. The van der Waals surface area contributed by atoms with E-state index in [1.165, 1.54) is 4.88 Å².